The topological polar surface area (TPSA) is 81.7 Å². The number of carbonyl (C=O) groups is 2. The van der Waals surface area contributed by atoms with Crippen LogP contribution in [0.4, 0.5) is 4.79 Å². The third kappa shape index (κ3) is 4.28. The van der Waals surface area contributed by atoms with Crippen molar-refractivity contribution in [2.45, 2.75) is 12.8 Å². The molecule has 1 heterocycles. The Bertz CT molecular complexity index is 684. The second-order valence-electron chi connectivity index (χ2n) is 6.41. The Hall–Kier alpha value is -2.60. The number of amides is 3. The van der Waals surface area contributed by atoms with Crippen molar-refractivity contribution in [1.29, 1.82) is 0 Å². The first-order valence-corrected chi connectivity index (χ1v) is 8.57. The lowest BCUT2D eigenvalue weighted by Gasteiger charge is -2.35. The average molecular weight is 341 g/mol. The molecule has 1 fully saturated rings. The van der Waals surface area contributed by atoms with Gasteiger partial charge in [-0.3, -0.25) is 10.0 Å². The molecule has 2 unspecified atom stereocenters. The molecule has 3 rings (SSSR count). The number of urea groups is 1. The summed E-state index contributed by atoms with van der Waals surface area (Å²) in [7, 11) is 0. The van der Waals surface area contributed by atoms with Crippen LogP contribution >= 0.6 is 0 Å². The number of piperidine rings is 1. The molecule has 132 valence electrons. The van der Waals surface area contributed by atoms with Crippen molar-refractivity contribution in [3.63, 3.8) is 0 Å². The molecule has 0 spiro atoms. The molecule has 3 N–H and O–H groups in total. The summed E-state index contributed by atoms with van der Waals surface area (Å²) in [5.74, 6) is -0.653. The van der Waals surface area contributed by atoms with Crippen LogP contribution < -0.4 is 10.8 Å². The monoisotopic (exact) mass is 341 g/mol. The van der Waals surface area contributed by atoms with E-state index in [1.807, 2.05) is 42.5 Å². The molecule has 6 nitrogen and oxygen atoms in total. The molecule has 6 heteroatoms. The average Bonchev–Trinajstić information content (AvgIpc) is 2.67. The molecule has 0 saturated carbocycles. The van der Waals surface area contributed by atoms with Crippen molar-refractivity contribution < 1.29 is 14.8 Å². The summed E-state index contributed by atoms with van der Waals surface area (Å²) in [6.07, 6.45) is 7.30. The van der Waals surface area contributed by atoms with Crippen molar-refractivity contribution in [3.05, 3.63) is 59.7 Å². The van der Waals surface area contributed by atoms with Gasteiger partial charge in [0.15, 0.2) is 0 Å². The number of carbonyl (C=O) groups excluding carboxylic acids is 2. The normalized spacial score (nSPS) is 22.0. The van der Waals surface area contributed by atoms with E-state index in [0.29, 0.717) is 19.6 Å². The summed E-state index contributed by atoms with van der Waals surface area (Å²) in [5, 5.41) is 11.7. The van der Waals surface area contributed by atoms with Gasteiger partial charge in [0.1, 0.15) is 0 Å². The molecule has 2 aliphatic rings. The number of fused-ring (bicyclic) bond motifs is 1. The molecular weight excluding hydrogens is 318 g/mol. The summed E-state index contributed by atoms with van der Waals surface area (Å²) >= 11 is 0. The van der Waals surface area contributed by atoms with Crippen LogP contribution in [0.25, 0.3) is 0 Å². The maximum Gasteiger partial charge on any atom is 0.317 e. The van der Waals surface area contributed by atoms with Gasteiger partial charge in [-0.1, -0.05) is 48.6 Å². The Balaban J connectivity index is 1.52. The maximum atomic E-state index is 12.4. The predicted octanol–water partition coefficient (Wildman–Crippen LogP) is 1.88. The number of allylic oxidation sites excluding steroid dienone is 1. The third-order valence-electron chi connectivity index (χ3n) is 4.74. The fourth-order valence-electron chi connectivity index (χ4n) is 3.31. The van der Waals surface area contributed by atoms with Crippen molar-refractivity contribution >= 4 is 11.9 Å². The van der Waals surface area contributed by atoms with E-state index >= 15 is 0 Å². The van der Waals surface area contributed by atoms with E-state index in [2.05, 4.69) is 5.32 Å². The Morgan fingerprint density at radius 1 is 1.20 bits per heavy atom. The smallest absolute Gasteiger partial charge is 0.317 e. The van der Waals surface area contributed by atoms with E-state index in [4.69, 9.17) is 5.21 Å². The van der Waals surface area contributed by atoms with Crippen molar-refractivity contribution in [3.8, 4) is 0 Å². The zero-order chi connectivity index (χ0) is 17.6. The minimum atomic E-state index is -0.475. The fourth-order valence-corrected chi connectivity index (χ4v) is 3.31. The quantitative estimate of drug-likeness (QED) is 0.444. The Morgan fingerprint density at radius 2 is 2.00 bits per heavy atom. The van der Waals surface area contributed by atoms with E-state index in [-0.39, 0.29) is 11.9 Å². The van der Waals surface area contributed by atoms with Gasteiger partial charge in [-0.2, -0.15) is 0 Å². The SMILES string of the molecule is O=C(NO)C1C=CC2CCN(C(=O)NCCc3ccccc3)CC2=C1. The van der Waals surface area contributed by atoms with E-state index < -0.39 is 11.8 Å². The molecule has 0 radical (unpaired) electrons. The molecular formula is C19H23N3O3. The van der Waals surface area contributed by atoms with Crippen LogP contribution in [0.3, 0.4) is 0 Å². The molecule has 1 aromatic carbocycles. The molecule has 1 aliphatic heterocycles. The Labute approximate surface area is 147 Å². The van der Waals surface area contributed by atoms with Crippen LogP contribution in [-0.2, 0) is 11.2 Å². The van der Waals surface area contributed by atoms with Crippen molar-refractivity contribution in [2.24, 2.45) is 11.8 Å². The summed E-state index contributed by atoms with van der Waals surface area (Å²) < 4.78 is 0. The highest BCUT2D eigenvalue weighted by Crippen LogP contribution is 2.29. The Kier molecular flexibility index (Phi) is 5.50. The second kappa shape index (κ2) is 7.98. The largest absolute Gasteiger partial charge is 0.338 e. The number of nitrogens with one attached hydrogen (secondary N) is 2. The van der Waals surface area contributed by atoms with Crippen LogP contribution in [0.5, 0.6) is 0 Å². The van der Waals surface area contributed by atoms with Gasteiger partial charge in [0.25, 0.3) is 5.91 Å². The highest BCUT2D eigenvalue weighted by molar-refractivity contribution is 5.82. The predicted molar refractivity (Wildman–Crippen MR) is 93.9 cm³/mol. The van der Waals surface area contributed by atoms with Crippen molar-refractivity contribution in [1.82, 2.24) is 15.7 Å². The molecule has 1 saturated heterocycles. The summed E-state index contributed by atoms with van der Waals surface area (Å²) in [4.78, 5) is 25.7. The number of rotatable bonds is 4. The van der Waals surface area contributed by atoms with E-state index in [1.54, 1.807) is 16.5 Å². The molecule has 0 bridgehead atoms. The zero-order valence-corrected chi connectivity index (χ0v) is 14.0. The van der Waals surface area contributed by atoms with E-state index in [0.717, 1.165) is 18.4 Å². The van der Waals surface area contributed by atoms with Gasteiger partial charge in [-0.15, -0.1) is 0 Å². The molecule has 3 amide bonds. The zero-order valence-electron chi connectivity index (χ0n) is 14.0. The van der Waals surface area contributed by atoms with Gasteiger partial charge in [0.2, 0.25) is 0 Å². The summed E-state index contributed by atoms with van der Waals surface area (Å²) in [6, 6.07) is 9.97. The lowest BCUT2D eigenvalue weighted by Crippen LogP contribution is -2.46. The van der Waals surface area contributed by atoms with Gasteiger partial charge in [0, 0.05) is 25.6 Å². The molecule has 0 aromatic heterocycles. The number of hydrogen-bond acceptors (Lipinski definition) is 3. The number of hydrogen-bond donors (Lipinski definition) is 3. The molecule has 1 aliphatic carbocycles. The van der Waals surface area contributed by atoms with Crippen LogP contribution in [-0.4, -0.2) is 41.7 Å². The van der Waals surface area contributed by atoms with Gasteiger partial charge >= 0.3 is 6.03 Å². The van der Waals surface area contributed by atoms with E-state index in [1.165, 1.54) is 5.56 Å². The first-order valence-electron chi connectivity index (χ1n) is 8.57. The number of hydroxylamine groups is 1. The Morgan fingerprint density at radius 3 is 2.76 bits per heavy atom. The lowest BCUT2D eigenvalue weighted by molar-refractivity contribution is -0.130. The highest BCUT2D eigenvalue weighted by atomic mass is 16.5. The van der Waals surface area contributed by atoms with Gasteiger partial charge < -0.3 is 10.2 Å². The van der Waals surface area contributed by atoms with Gasteiger partial charge in [-0.25, -0.2) is 10.3 Å². The summed E-state index contributed by atoms with van der Waals surface area (Å²) in [6.45, 7) is 1.80. The third-order valence-corrected chi connectivity index (χ3v) is 4.74. The highest BCUT2D eigenvalue weighted by Gasteiger charge is 2.29. The van der Waals surface area contributed by atoms with E-state index in [9.17, 15) is 9.59 Å². The van der Waals surface area contributed by atoms with Crippen LogP contribution in [0.1, 0.15) is 12.0 Å². The van der Waals surface area contributed by atoms with Crippen molar-refractivity contribution in [2.75, 3.05) is 19.6 Å². The minimum Gasteiger partial charge on any atom is -0.338 e. The van der Waals surface area contributed by atoms with Crippen LogP contribution in [0.2, 0.25) is 0 Å². The van der Waals surface area contributed by atoms with Crippen LogP contribution in [0, 0.1) is 11.8 Å². The molecule has 1 aromatic rings. The minimum absolute atomic E-state index is 0.0759. The van der Waals surface area contributed by atoms with Crippen LogP contribution in [0.15, 0.2) is 54.1 Å². The first kappa shape index (κ1) is 17.2. The standard InChI is InChI=1S/C19H23N3O3/c23-18(21-25)16-7-6-15-9-11-22(13-17(15)12-16)19(24)20-10-8-14-4-2-1-3-5-14/h1-7,12,15-16,25H,8-11,13H2,(H,20,24)(H,21,23). The molecule has 2 atom stereocenters. The first-order chi connectivity index (χ1) is 12.2. The van der Waals surface area contributed by atoms with Gasteiger partial charge in [0.05, 0.1) is 5.92 Å². The fraction of sp³-hybridized carbons (Fsp3) is 0.368. The maximum absolute atomic E-state index is 12.4. The number of likely N-dealkylation sites (tertiary alicyclic amines) is 1. The summed E-state index contributed by atoms with van der Waals surface area (Å²) in [5.41, 5.74) is 3.93. The second-order valence-corrected chi connectivity index (χ2v) is 6.41. The number of nitrogens with zero attached hydrogens (tertiary/aromatic N) is 1. The van der Waals surface area contributed by atoms with Gasteiger partial charge in [-0.05, 0) is 24.0 Å². The molecule has 25 heavy (non-hydrogen) atoms. The lowest BCUT2D eigenvalue weighted by atomic mass is 9.83. The number of benzene rings is 1.